The maximum Gasteiger partial charge on any atom is 0.343 e. The summed E-state index contributed by atoms with van der Waals surface area (Å²) in [7, 11) is 0. The van der Waals surface area contributed by atoms with Crippen molar-refractivity contribution in [2.45, 2.75) is 6.92 Å². The van der Waals surface area contributed by atoms with Gasteiger partial charge in [-0.1, -0.05) is 0 Å². The molecular formula is C16H14N4O3. The molecule has 0 fully saturated rings. The first-order chi connectivity index (χ1) is 11.3. The van der Waals surface area contributed by atoms with Crippen LogP contribution in [0.1, 0.15) is 17.3 Å². The van der Waals surface area contributed by atoms with E-state index in [1.807, 2.05) is 6.92 Å². The third-order valence-corrected chi connectivity index (χ3v) is 3.06. The van der Waals surface area contributed by atoms with Crippen molar-refractivity contribution in [2.24, 2.45) is 0 Å². The summed E-state index contributed by atoms with van der Waals surface area (Å²) in [6, 6.07) is 13.7. The average molecular weight is 310 g/mol. The van der Waals surface area contributed by atoms with Crippen LogP contribution in [0.15, 0.2) is 54.9 Å². The van der Waals surface area contributed by atoms with Crippen LogP contribution in [0.25, 0.3) is 5.69 Å². The number of nitrogens with zero attached hydrogens (tertiary/aromatic N) is 4. The number of aromatic nitrogens is 4. The number of benzene rings is 2. The van der Waals surface area contributed by atoms with Crippen LogP contribution in [0.5, 0.6) is 11.5 Å². The van der Waals surface area contributed by atoms with Gasteiger partial charge in [0.15, 0.2) is 0 Å². The number of carbonyl (C=O) groups is 1. The van der Waals surface area contributed by atoms with Gasteiger partial charge in [-0.2, -0.15) is 0 Å². The van der Waals surface area contributed by atoms with Gasteiger partial charge < -0.3 is 9.47 Å². The van der Waals surface area contributed by atoms with Gasteiger partial charge in [-0.3, -0.25) is 0 Å². The van der Waals surface area contributed by atoms with Gasteiger partial charge in [0, 0.05) is 0 Å². The highest BCUT2D eigenvalue weighted by Crippen LogP contribution is 2.17. The molecule has 0 spiro atoms. The van der Waals surface area contributed by atoms with Crippen LogP contribution in [0.4, 0.5) is 0 Å². The lowest BCUT2D eigenvalue weighted by molar-refractivity contribution is 0.0734. The van der Waals surface area contributed by atoms with Crippen molar-refractivity contribution < 1.29 is 14.3 Å². The summed E-state index contributed by atoms with van der Waals surface area (Å²) in [6.45, 7) is 2.48. The topological polar surface area (TPSA) is 79.1 Å². The molecule has 3 rings (SSSR count). The predicted molar refractivity (Wildman–Crippen MR) is 81.7 cm³/mol. The van der Waals surface area contributed by atoms with Gasteiger partial charge in [0.05, 0.1) is 17.9 Å². The van der Waals surface area contributed by atoms with Gasteiger partial charge >= 0.3 is 5.97 Å². The lowest BCUT2D eigenvalue weighted by Crippen LogP contribution is -2.08. The van der Waals surface area contributed by atoms with Crippen LogP contribution in [-0.2, 0) is 0 Å². The fourth-order valence-corrected chi connectivity index (χ4v) is 1.97. The zero-order valence-corrected chi connectivity index (χ0v) is 12.4. The second-order valence-corrected chi connectivity index (χ2v) is 4.60. The highest BCUT2D eigenvalue weighted by molar-refractivity contribution is 5.91. The lowest BCUT2D eigenvalue weighted by Gasteiger charge is -2.06. The Bertz CT molecular complexity index is 768. The standard InChI is InChI=1S/C16H14N4O3/c1-2-22-14-7-3-12(4-8-14)16(21)23-15-9-5-13(6-10-15)20-11-17-18-19-20/h3-11H,2H2,1H3. The average Bonchev–Trinajstić information content (AvgIpc) is 3.11. The molecule has 1 heterocycles. The van der Waals surface area contributed by atoms with Gasteiger partial charge in [0.25, 0.3) is 0 Å². The van der Waals surface area contributed by atoms with Gasteiger partial charge in [0.1, 0.15) is 17.8 Å². The van der Waals surface area contributed by atoms with Crippen molar-refractivity contribution in [3.63, 3.8) is 0 Å². The Labute approximate surface area is 132 Å². The summed E-state index contributed by atoms with van der Waals surface area (Å²) in [5.41, 5.74) is 1.23. The van der Waals surface area contributed by atoms with E-state index >= 15 is 0 Å². The van der Waals surface area contributed by atoms with Crippen molar-refractivity contribution in [3.8, 4) is 17.2 Å². The van der Waals surface area contributed by atoms with Crippen LogP contribution in [0, 0.1) is 0 Å². The summed E-state index contributed by atoms with van der Waals surface area (Å²) in [5, 5.41) is 10.9. The molecule has 7 heteroatoms. The minimum Gasteiger partial charge on any atom is -0.494 e. The van der Waals surface area contributed by atoms with E-state index in [9.17, 15) is 4.79 Å². The fraction of sp³-hybridized carbons (Fsp3) is 0.125. The van der Waals surface area contributed by atoms with Gasteiger partial charge in [-0.15, -0.1) is 5.10 Å². The number of hydrogen-bond donors (Lipinski definition) is 0. The van der Waals surface area contributed by atoms with E-state index in [0.29, 0.717) is 17.9 Å². The zero-order valence-electron chi connectivity index (χ0n) is 12.4. The highest BCUT2D eigenvalue weighted by Gasteiger charge is 2.09. The third-order valence-electron chi connectivity index (χ3n) is 3.06. The molecule has 0 N–H and O–H groups in total. The second kappa shape index (κ2) is 6.69. The Morgan fingerprint density at radius 2 is 1.74 bits per heavy atom. The molecule has 0 saturated heterocycles. The zero-order chi connectivity index (χ0) is 16.1. The maximum atomic E-state index is 12.1. The van der Waals surface area contributed by atoms with E-state index in [0.717, 1.165) is 11.4 Å². The van der Waals surface area contributed by atoms with Crippen LogP contribution in [0.3, 0.4) is 0 Å². The minimum absolute atomic E-state index is 0.428. The molecule has 0 atom stereocenters. The number of esters is 1. The molecule has 0 aliphatic heterocycles. The van der Waals surface area contributed by atoms with Crippen molar-refractivity contribution in [3.05, 3.63) is 60.4 Å². The Kier molecular flexibility index (Phi) is 4.28. The van der Waals surface area contributed by atoms with Gasteiger partial charge in [-0.25, -0.2) is 9.48 Å². The smallest absolute Gasteiger partial charge is 0.343 e. The van der Waals surface area contributed by atoms with E-state index in [2.05, 4.69) is 15.5 Å². The molecule has 23 heavy (non-hydrogen) atoms. The molecule has 0 aliphatic rings. The van der Waals surface area contributed by atoms with Gasteiger partial charge in [0.2, 0.25) is 0 Å². The largest absolute Gasteiger partial charge is 0.494 e. The molecule has 3 aromatic rings. The van der Waals surface area contributed by atoms with E-state index in [4.69, 9.17) is 9.47 Å². The number of tetrazole rings is 1. The summed E-state index contributed by atoms with van der Waals surface area (Å²) in [6.07, 6.45) is 1.49. The summed E-state index contributed by atoms with van der Waals surface area (Å²) < 4.78 is 12.2. The third kappa shape index (κ3) is 3.52. The molecule has 0 aliphatic carbocycles. The maximum absolute atomic E-state index is 12.1. The number of rotatable bonds is 5. The van der Waals surface area contributed by atoms with Crippen LogP contribution >= 0.6 is 0 Å². The first-order valence-corrected chi connectivity index (χ1v) is 7.05. The minimum atomic E-state index is -0.428. The molecule has 0 radical (unpaired) electrons. The van der Waals surface area contributed by atoms with Crippen LogP contribution < -0.4 is 9.47 Å². The SMILES string of the molecule is CCOc1ccc(C(=O)Oc2ccc(-n3cnnn3)cc2)cc1. The number of ether oxygens (including phenoxy) is 2. The molecule has 116 valence electrons. The van der Waals surface area contributed by atoms with Crippen LogP contribution in [-0.4, -0.2) is 32.8 Å². The molecule has 7 nitrogen and oxygen atoms in total. The number of hydrogen-bond acceptors (Lipinski definition) is 6. The first-order valence-electron chi connectivity index (χ1n) is 7.05. The highest BCUT2D eigenvalue weighted by atomic mass is 16.5. The van der Waals surface area contributed by atoms with Crippen molar-refractivity contribution in [2.75, 3.05) is 6.61 Å². The second-order valence-electron chi connectivity index (χ2n) is 4.60. The summed E-state index contributed by atoms with van der Waals surface area (Å²) in [5.74, 6) is 0.735. The Morgan fingerprint density at radius 3 is 2.35 bits per heavy atom. The molecule has 0 saturated carbocycles. The normalized spacial score (nSPS) is 10.3. The summed E-state index contributed by atoms with van der Waals surface area (Å²) >= 11 is 0. The predicted octanol–water partition coefficient (Wildman–Crippen LogP) is 2.28. The van der Waals surface area contributed by atoms with E-state index < -0.39 is 5.97 Å². The molecule has 0 unspecified atom stereocenters. The van der Waals surface area contributed by atoms with Crippen LogP contribution in [0.2, 0.25) is 0 Å². The molecule has 0 amide bonds. The lowest BCUT2D eigenvalue weighted by atomic mass is 10.2. The first kappa shape index (κ1) is 14.7. The fourth-order valence-electron chi connectivity index (χ4n) is 1.97. The Morgan fingerprint density at radius 1 is 1.04 bits per heavy atom. The molecular weight excluding hydrogens is 296 g/mol. The van der Waals surface area contributed by atoms with Crippen molar-refractivity contribution >= 4 is 5.97 Å². The summed E-state index contributed by atoms with van der Waals surface area (Å²) in [4.78, 5) is 12.1. The van der Waals surface area contributed by atoms with Crippen molar-refractivity contribution in [1.29, 1.82) is 0 Å². The molecule has 2 aromatic carbocycles. The Hall–Kier alpha value is -3.22. The Balaban J connectivity index is 1.67. The monoisotopic (exact) mass is 310 g/mol. The van der Waals surface area contributed by atoms with Crippen molar-refractivity contribution in [1.82, 2.24) is 20.2 Å². The number of carbonyl (C=O) groups excluding carboxylic acids is 1. The van der Waals surface area contributed by atoms with E-state index in [1.54, 1.807) is 48.5 Å². The molecule has 1 aromatic heterocycles. The van der Waals surface area contributed by atoms with E-state index in [-0.39, 0.29) is 0 Å². The molecule has 0 bridgehead atoms. The van der Waals surface area contributed by atoms with Gasteiger partial charge in [-0.05, 0) is 65.9 Å². The van der Waals surface area contributed by atoms with E-state index in [1.165, 1.54) is 11.0 Å². The quantitative estimate of drug-likeness (QED) is 0.531.